The third-order valence-electron chi connectivity index (χ3n) is 5.44. The number of halogens is 2. The number of hydrogen-bond donors (Lipinski definition) is 2. The molecule has 2 N–H and O–H groups in total. The Morgan fingerprint density at radius 2 is 2.17 bits per heavy atom. The van der Waals surface area contributed by atoms with E-state index in [9.17, 15) is 9.18 Å². The van der Waals surface area contributed by atoms with Crippen molar-refractivity contribution in [1.82, 2.24) is 15.0 Å². The van der Waals surface area contributed by atoms with Gasteiger partial charge < -0.3 is 20.3 Å². The van der Waals surface area contributed by atoms with Crippen LogP contribution in [0.2, 0.25) is 5.15 Å². The van der Waals surface area contributed by atoms with Crippen molar-refractivity contribution >= 4 is 35.0 Å². The molecule has 1 aliphatic heterocycles. The largest absolute Gasteiger partial charge is 0.492 e. The Morgan fingerprint density at radius 1 is 1.41 bits per heavy atom. The second kappa shape index (κ2) is 7.62. The maximum atomic E-state index is 13.4. The first-order valence-electron chi connectivity index (χ1n) is 9.44. The van der Waals surface area contributed by atoms with Gasteiger partial charge in [0.2, 0.25) is 11.9 Å². The summed E-state index contributed by atoms with van der Waals surface area (Å²) in [5.41, 5.74) is 1.38. The van der Waals surface area contributed by atoms with E-state index in [2.05, 4.69) is 25.6 Å². The van der Waals surface area contributed by atoms with Gasteiger partial charge in [-0.25, -0.2) is 14.4 Å². The van der Waals surface area contributed by atoms with Gasteiger partial charge in [-0.15, -0.1) is 0 Å². The van der Waals surface area contributed by atoms with Gasteiger partial charge in [0, 0.05) is 19.2 Å². The first-order valence-corrected chi connectivity index (χ1v) is 9.82. The molecule has 1 fully saturated rings. The van der Waals surface area contributed by atoms with Crippen molar-refractivity contribution in [3.8, 4) is 5.75 Å². The fraction of sp³-hybridized carbons (Fsp3) is 0.474. The zero-order valence-electron chi connectivity index (χ0n) is 16.4. The third-order valence-corrected chi connectivity index (χ3v) is 5.72. The summed E-state index contributed by atoms with van der Waals surface area (Å²) >= 11 is 5.57. The number of anilines is 3. The number of carbonyl (C=O) groups excluding carboxylic acids is 1. The number of nitrogens with one attached hydrogen (secondary N) is 2. The summed E-state index contributed by atoms with van der Waals surface area (Å²) in [6, 6.07) is 1.19. The van der Waals surface area contributed by atoms with E-state index in [1.54, 1.807) is 0 Å². The molecule has 0 saturated heterocycles. The molecular formula is C19H22ClFN6O2. The fourth-order valence-corrected chi connectivity index (χ4v) is 3.58. The maximum absolute atomic E-state index is 13.4. The van der Waals surface area contributed by atoms with Crippen molar-refractivity contribution in [3.05, 3.63) is 28.9 Å². The minimum absolute atomic E-state index is 0.0648. The molecule has 4 rings (SSSR count). The van der Waals surface area contributed by atoms with Gasteiger partial charge in [-0.2, -0.15) is 4.98 Å². The zero-order valence-corrected chi connectivity index (χ0v) is 17.1. The average molecular weight is 421 g/mol. The minimum atomic E-state index is -0.590. The van der Waals surface area contributed by atoms with E-state index >= 15 is 0 Å². The second-order valence-corrected chi connectivity index (χ2v) is 7.90. The van der Waals surface area contributed by atoms with Crippen LogP contribution in [0, 0.1) is 18.7 Å². The molecule has 1 amide bonds. The van der Waals surface area contributed by atoms with E-state index in [1.165, 1.54) is 12.3 Å². The fourth-order valence-electron chi connectivity index (χ4n) is 3.48. The lowest BCUT2D eigenvalue weighted by Gasteiger charge is -2.36. The molecule has 10 heteroatoms. The van der Waals surface area contributed by atoms with Gasteiger partial charge in [0.1, 0.15) is 17.5 Å². The number of aromatic nitrogens is 3. The van der Waals surface area contributed by atoms with Crippen molar-refractivity contribution in [3.63, 3.8) is 0 Å². The zero-order chi connectivity index (χ0) is 20.7. The molecule has 8 nitrogen and oxygen atoms in total. The summed E-state index contributed by atoms with van der Waals surface area (Å²) in [7, 11) is 1.85. The smallest absolute Gasteiger partial charge is 0.246 e. The standard InChI is InChI=1S/C19H22ClFN6O2/c1-9-15-17(27(3)10(2)18(28)25-15)26-19(23-9)24-12-4-11(5-12)8-29-13-6-14(21)16(20)22-7-13/h6-7,10-12H,4-5,8H2,1-3H3,(H,25,28)(H,23,24,26)/t10-,11-,12+/m0/s1. The lowest BCUT2D eigenvalue weighted by atomic mass is 9.81. The Hall–Kier alpha value is -2.68. The molecule has 0 radical (unpaired) electrons. The number of hydrogen-bond acceptors (Lipinski definition) is 7. The Bertz CT molecular complexity index is 953. The third kappa shape index (κ3) is 3.91. The number of pyridine rings is 1. The highest BCUT2D eigenvalue weighted by Crippen LogP contribution is 2.34. The highest BCUT2D eigenvalue weighted by Gasteiger charge is 2.33. The summed E-state index contributed by atoms with van der Waals surface area (Å²) in [6.45, 7) is 4.17. The highest BCUT2D eigenvalue weighted by atomic mass is 35.5. The Labute approximate surface area is 172 Å². The summed E-state index contributed by atoms with van der Waals surface area (Å²) in [6.07, 6.45) is 3.21. The van der Waals surface area contributed by atoms with Crippen molar-refractivity contribution in [2.24, 2.45) is 5.92 Å². The molecule has 0 aromatic carbocycles. The van der Waals surface area contributed by atoms with Crippen LogP contribution in [0.5, 0.6) is 5.75 Å². The lowest BCUT2D eigenvalue weighted by Crippen LogP contribution is -2.45. The molecule has 154 valence electrons. The lowest BCUT2D eigenvalue weighted by molar-refractivity contribution is -0.117. The minimum Gasteiger partial charge on any atom is -0.492 e. The van der Waals surface area contributed by atoms with Gasteiger partial charge in [-0.05, 0) is 32.6 Å². The van der Waals surface area contributed by atoms with E-state index in [0.717, 1.165) is 18.5 Å². The van der Waals surface area contributed by atoms with Crippen LogP contribution in [0.4, 0.5) is 21.8 Å². The topological polar surface area (TPSA) is 92.3 Å². The van der Waals surface area contributed by atoms with Crippen molar-refractivity contribution < 1.29 is 13.9 Å². The number of ether oxygens (including phenoxy) is 1. The number of carbonyl (C=O) groups is 1. The van der Waals surface area contributed by atoms with Crippen LogP contribution < -0.4 is 20.3 Å². The van der Waals surface area contributed by atoms with E-state index in [1.807, 2.05) is 25.8 Å². The van der Waals surface area contributed by atoms with E-state index in [4.69, 9.17) is 16.3 Å². The predicted octanol–water partition coefficient (Wildman–Crippen LogP) is 3.02. The predicted molar refractivity (Wildman–Crippen MR) is 108 cm³/mol. The Morgan fingerprint density at radius 3 is 2.90 bits per heavy atom. The van der Waals surface area contributed by atoms with Gasteiger partial charge in [-0.1, -0.05) is 11.6 Å². The molecule has 1 atom stereocenters. The first kappa shape index (κ1) is 19.6. The molecule has 1 aliphatic carbocycles. The number of amides is 1. The van der Waals surface area contributed by atoms with Crippen LogP contribution in [-0.4, -0.2) is 46.6 Å². The normalized spacial score (nSPS) is 23.1. The molecule has 0 spiro atoms. The number of likely N-dealkylation sites (N-methyl/N-ethyl adjacent to an activating group) is 1. The second-order valence-electron chi connectivity index (χ2n) is 7.54. The SMILES string of the molecule is Cc1nc(N[C@H]2C[C@@H](COc3cnc(Cl)c(F)c3)C2)nc2c1NC(=O)[C@H](C)N2C. The molecule has 1 saturated carbocycles. The van der Waals surface area contributed by atoms with Crippen molar-refractivity contribution in [2.45, 2.75) is 38.8 Å². The van der Waals surface area contributed by atoms with Crippen LogP contribution >= 0.6 is 11.6 Å². The molecule has 0 unspecified atom stereocenters. The molecule has 2 aromatic heterocycles. The molecule has 0 bridgehead atoms. The van der Waals surface area contributed by atoms with Crippen molar-refractivity contribution in [1.29, 1.82) is 0 Å². The summed E-state index contributed by atoms with van der Waals surface area (Å²) in [5.74, 6) is 1.33. The summed E-state index contributed by atoms with van der Waals surface area (Å²) in [5, 5.41) is 6.07. The van der Waals surface area contributed by atoms with Crippen LogP contribution in [0.15, 0.2) is 12.3 Å². The molecule has 2 aliphatic rings. The summed E-state index contributed by atoms with van der Waals surface area (Å²) in [4.78, 5) is 26.7. The number of nitrogens with zero attached hydrogens (tertiary/aromatic N) is 4. The first-order chi connectivity index (χ1) is 13.8. The highest BCUT2D eigenvalue weighted by molar-refractivity contribution is 6.29. The van der Waals surface area contributed by atoms with Crippen molar-refractivity contribution in [2.75, 3.05) is 29.2 Å². The molecule has 3 heterocycles. The van der Waals surface area contributed by atoms with E-state index in [0.29, 0.717) is 35.7 Å². The molecule has 2 aromatic rings. The van der Waals surface area contributed by atoms with E-state index in [-0.39, 0.29) is 23.1 Å². The molecular weight excluding hydrogens is 399 g/mol. The van der Waals surface area contributed by atoms with Gasteiger partial charge in [0.25, 0.3) is 0 Å². The van der Waals surface area contributed by atoms with Crippen LogP contribution in [0.25, 0.3) is 0 Å². The number of fused-ring (bicyclic) bond motifs is 1. The average Bonchev–Trinajstić information content (AvgIpc) is 2.65. The van der Waals surface area contributed by atoms with Gasteiger partial charge in [0.05, 0.1) is 18.5 Å². The number of rotatable bonds is 5. The van der Waals surface area contributed by atoms with Gasteiger partial charge in [0.15, 0.2) is 16.8 Å². The van der Waals surface area contributed by atoms with E-state index < -0.39 is 5.82 Å². The van der Waals surface area contributed by atoms with Crippen LogP contribution in [0.3, 0.4) is 0 Å². The monoisotopic (exact) mass is 420 g/mol. The Balaban J connectivity index is 1.33. The van der Waals surface area contributed by atoms with Crippen LogP contribution in [0.1, 0.15) is 25.5 Å². The summed E-state index contributed by atoms with van der Waals surface area (Å²) < 4.78 is 19.0. The van der Waals surface area contributed by atoms with Gasteiger partial charge >= 0.3 is 0 Å². The Kier molecular flexibility index (Phi) is 5.16. The quantitative estimate of drug-likeness (QED) is 0.718. The molecule has 29 heavy (non-hydrogen) atoms. The maximum Gasteiger partial charge on any atom is 0.246 e. The van der Waals surface area contributed by atoms with Crippen LogP contribution in [-0.2, 0) is 4.79 Å². The number of aryl methyl sites for hydroxylation is 1. The van der Waals surface area contributed by atoms with Gasteiger partial charge in [-0.3, -0.25) is 4.79 Å².